The number of amides is 1. The number of carbonyl (C=O) groups excluding carboxylic acids is 1. The Labute approximate surface area is 137 Å². The molecule has 1 aliphatic heterocycles. The van der Waals surface area contributed by atoms with Crippen LogP contribution in [0, 0.1) is 5.41 Å². The van der Waals surface area contributed by atoms with Crippen LogP contribution < -0.4 is 5.73 Å². The van der Waals surface area contributed by atoms with E-state index in [0.29, 0.717) is 28.7 Å². The summed E-state index contributed by atoms with van der Waals surface area (Å²) < 4.78 is 0.787. The molecule has 2 rings (SSSR count). The van der Waals surface area contributed by atoms with Crippen molar-refractivity contribution < 1.29 is 4.79 Å². The third-order valence-electron chi connectivity index (χ3n) is 3.92. The molecule has 0 atom stereocenters. The van der Waals surface area contributed by atoms with Crippen LogP contribution in [0.4, 0.5) is 0 Å². The van der Waals surface area contributed by atoms with Crippen LogP contribution in [-0.2, 0) is 0 Å². The average molecular weight is 376 g/mol. The van der Waals surface area contributed by atoms with E-state index in [4.69, 9.17) is 29.6 Å². The average Bonchev–Trinajstić information content (AvgIpc) is 2.42. The Morgan fingerprint density at radius 1 is 1.45 bits per heavy atom. The molecular formula is C14H16BrClN2OS. The molecule has 0 aliphatic carbocycles. The second-order valence-corrected chi connectivity index (χ2v) is 7.05. The lowest BCUT2D eigenvalue weighted by atomic mass is 9.80. The van der Waals surface area contributed by atoms with Gasteiger partial charge >= 0.3 is 0 Å². The molecule has 1 heterocycles. The molecule has 2 N–H and O–H groups in total. The summed E-state index contributed by atoms with van der Waals surface area (Å²) in [7, 11) is 0. The smallest absolute Gasteiger partial charge is 0.253 e. The number of likely N-dealkylation sites (tertiary alicyclic amines) is 1. The predicted octanol–water partition coefficient (Wildman–Crippen LogP) is 3.63. The first kappa shape index (κ1) is 15.7. The highest BCUT2D eigenvalue weighted by Gasteiger charge is 2.34. The summed E-state index contributed by atoms with van der Waals surface area (Å²) in [6.07, 6.45) is 1.61. The molecule has 1 fully saturated rings. The van der Waals surface area contributed by atoms with E-state index in [1.807, 2.05) is 4.90 Å². The monoisotopic (exact) mass is 374 g/mol. The number of piperidine rings is 1. The van der Waals surface area contributed by atoms with E-state index in [9.17, 15) is 4.79 Å². The van der Waals surface area contributed by atoms with E-state index >= 15 is 0 Å². The van der Waals surface area contributed by atoms with Crippen LogP contribution in [0.1, 0.15) is 30.1 Å². The van der Waals surface area contributed by atoms with Crippen LogP contribution in [0.15, 0.2) is 22.7 Å². The Hall–Kier alpha value is -0.650. The summed E-state index contributed by atoms with van der Waals surface area (Å²) in [5.41, 5.74) is 6.25. The van der Waals surface area contributed by atoms with Crippen molar-refractivity contribution >= 4 is 50.6 Å². The Morgan fingerprint density at radius 3 is 2.55 bits per heavy atom. The molecule has 0 aromatic heterocycles. The van der Waals surface area contributed by atoms with Gasteiger partial charge in [0.05, 0.1) is 10.0 Å². The van der Waals surface area contributed by atoms with Crippen LogP contribution >= 0.6 is 39.7 Å². The highest BCUT2D eigenvalue weighted by atomic mass is 79.9. The molecule has 0 saturated carbocycles. The second-order valence-electron chi connectivity index (χ2n) is 5.35. The standard InChI is InChI=1S/C14H16BrClN2OS/c1-14(13(17)20)4-6-18(7-5-14)12(19)9-2-3-10(15)11(16)8-9/h2-3,8H,4-7H2,1H3,(H2,17,20). The predicted molar refractivity (Wildman–Crippen MR) is 89.2 cm³/mol. The molecule has 0 bridgehead atoms. The Bertz CT molecular complexity index is 556. The van der Waals surface area contributed by atoms with Crippen LogP contribution in [0.5, 0.6) is 0 Å². The SMILES string of the molecule is CC1(C(N)=S)CCN(C(=O)c2ccc(Br)c(Cl)c2)CC1. The van der Waals surface area contributed by atoms with Gasteiger partial charge in [0, 0.05) is 28.5 Å². The van der Waals surface area contributed by atoms with Gasteiger partial charge in [0.25, 0.3) is 5.91 Å². The van der Waals surface area contributed by atoms with Crippen molar-refractivity contribution in [3.63, 3.8) is 0 Å². The van der Waals surface area contributed by atoms with Crippen molar-refractivity contribution in [2.45, 2.75) is 19.8 Å². The normalized spacial score (nSPS) is 17.9. The zero-order valence-electron chi connectivity index (χ0n) is 11.2. The summed E-state index contributed by atoms with van der Waals surface area (Å²) >= 11 is 14.5. The van der Waals surface area contributed by atoms with Crippen molar-refractivity contribution in [3.05, 3.63) is 33.3 Å². The van der Waals surface area contributed by atoms with Crippen molar-refractivity contribution in [3.8, 4) is 0 Å². The number of thiocarbonyl (C=S) groups is 1. The van der Waals surface area contributed by atoms with Gasteiger partial charge in [-0.25, -0.2) is 0 Å². The van der Waals surface area contributed by atoms with Crippen LogP contribution in [0.2, 0.25) is 5.02 Å². The lowest BCUT2D eigenvalue weighted by Crippen LogP contribution is -2.46. The number of nitrogens with zero attached hydrogens (tertiary/aromatic N) is 1. The van der Waals surface area contributed by atoms with Crippen molar-refractivity contribution in [2.75, 3.05) is 13.1 Å². The topological polar surface area (TPSA) is 46.3 Å². The minimum Gasteiger partial charge on any atom is -0.393 e. The van der Waals surface area contributed by atoms with Gasteiger partial charge in [-0.1, -0.05) is 30.7 Å². The lowest BCUT2D eigenvalue weighted by Gasteiger charge is -2.38. The summed E-state index contributed by atoms with van der Waals surface area (Å²) in [5.74, 6) is 0.00406. The van der Waals surface area contributed by atoms with Crippen LogP contribution in [-0.4, -0.2) is 28.9 Å². The quantitative estimate of drug-likeness (QED) is 0.803. The van der Waals surface area contributed by atoms with Crippen molar-refractivity contribution in [1.82, 2.24) is 4.90 Å². The Kier molecular flexibility index (Phi) is 4.72. The minimum atomic E-state index is -0.135. The van der Waals surface area contributed by atoms with Gasteiger partial charge in [0.15, 0.2) is 0 Å². The summed E-state index contributed by atoms with van der Waals surface area (Å²) in [4.78, 5) is 14.8. The van der Waals surface area contributed by atoms with E-state index in [1.165, 1.54) is 0 Å². The number of benzene rings is 1. The fourth-order valence-corrected chi connectivity index (χ4v) is 2.89. The summed E-state index contributed by atoms with van der Waals surface area (Å²) in [5, 5.41) is 0.542. The third-order valence-corrected chi connectivity index (χ3v) is 5.64. The molecule has 3 nitrogen and oxygen atoms in total. The largest absolute Gasteiger partial charge is 0.393 e. The van der Waals surface area contributed by atoms with E-state index < -0.39 is 0 Å². The first-order valence-electron chi connectivity index (χ1n) is 6.38. The molecule has 6 heteroatoms. The third kappa shape index (κ3) is 3.15. The van der Waals surface area contributed by atoms with Gasteiger partial charge < -0.3 is 10.6 Å². The zero-order valence-corrected chi connectivity index (χ0v) is 14.3. The number of hydrogen-bond donors (Lipinski definition) is 1. The first-order valence-corrected chi connectivity index (χ1v) is 7.96. The number of halogens is 2. The second kappa shape index (κ2) is 6.00. The number of hydrogen-bond acceptors (Lipinski definition) is 2. The molecule has 0 spiro atoms. The van der Waals surface area contributed by atoms with Crippen molar-refractivity contribution in [1.29, 1.82) is 0 Å². The van der Waals surface area contributed by atoms with E-state index in [0.717, 1.165) is 17.3 Å². The zero-order chi connectivity index (χ0) is 14.9. The fraction of sp³-hybridized carbons (Fsp3) is 0.429. The van der Waals surface area contributed by atoms with Gasteiger partial charge in [-0.15, -0.1) is 0 Å². The molecule has 1 aromatic carbocycles. The highest BCUT2D eigenvalue weighted by Crippen LogP contribution is 2.32. The molecule has 1 amide bonds. The maximum Gasteiger partial charge on any atom is 0.253 e. The number of nitrogens with two attached hydrogens (primary N) is 1. The van der Waals surface area contributed by atoms with E-state index in [-0.39, 0.29) is 11.3 Å². The van der Waals surface area contributed by atoms with Gasteiger partial charge in [-0.2, -0.15) is 0 Å². The molecule has 0 unspecified atom stereocenters. The van der Waals surface area contributed by atoms with Gasteiger partial charge in [-0.05, 0) is 47.0 Å². The highest BCUT2D eigenvalue weighted by molar-refractivity contribution is 9.10. The minimum absolute atomic E-state index is 0.00406. The fourth-order valence-electron chi connectivity index (χ4n) is 2.26. The Balaban J connectivity index is 2.08. The summed E-state index contributed by atoms with van der Waals surface area (Å²) in [6, 6.07) is 5.26. The molecule has 108 valence electrons. The Morgan fingerprint density at radius 2 is 2.05 bits per heavy atom. The molecule has 1 aromatic rings. The molecular weight excluding hydrogens is 360 g/mol. The van der Waals surface area contributed by atoms with Crippen molar-refractivity contribution in [2.24, 2.45) is 11.1 Å². The maximum absolute atomic E-state index is 12.4. The molecule has 20 heavy (non-hydrogen) atoms. The van der Waals surface area contributed by atoms with Gasteiger partial charge in [0.1, 0.15) is 0 Å². The van der Waals surface area contributed by atoms with Gasteiger partial charge in [0.2, 0.25) is 0 Å². The number of rotatable bonds is 2. The maximum atomic E-state index is 12.4. The molecule has 1 saturated heterocycles. The van der Waals surface area contributed by atoms with E-state index in [2.05, 4.69) is 22.9 Å². The first-order chi connectivity index (χ1) is 9.33. The van der Waals surface area contributed by atoms with Crippen LogP contribution in [0.25, 0.3) is 0 Å². The molecule has 1 aliphatic rings. The number of carbonyl (C=O) groups is 1. The van der Waals surface area contributed by atoms with Crippen LogP contribution in [0.3, 0.4) is 0 Å². The molecule has 0 radical (unpaired) electrons. The van der Waals surface area contributed by atoms with Gasteiger partial charge in [-0.3, -0.25) is 4.79 Å². The van der Waals surface area contributed by atoms with E-state index in [1.54, 1.807) is 18.2 Å². The lowest BCUT2D eigenvalue weighted by molar-refractivity contribution is 0.0670. The summed E-state index contributed by atoms with van der Waals surface area (Å²) in [6.45, 7) is 3.40.